The number of amides is 1. The van der Waals surface area contributed by atoms with Gasteiger partial charge in [-0.2, -0.15) is 0 Å². The van der Waals surface area contributed by atoms with Crippen LogP contribution in [0.5, 0.6) is 0 Å². The third kappa shape index (κ3) is 3.80. The molecule has 156 valence electrons. The molecule has 0 bridgehead atoms. The molecule has 0 atom stereocenters. The monoisotopic (exact) mass is 397 g/mol. The first-order chi connectivity index (χ1) is 14.2. The van der Waals surface area contributed by atoms with E-state index in [1.807, 2.05) is 17.2 Å². The predicted octanol–water partition coefficient (Wildman–Crippen LogP) is 3.50. The molecule has 6 nitrogen and oxygen atoms in total. The van der Waals surface area contributed by atoms with E-state index in [1.165, 1.54) is 38.5 Å². The molecule has 0 aromatic carbocycles. The van der Waals surface area contributed by atoms with E-state index in [0.717, 1.165) is 36.4 Å². The molecule has 5 rings (SSSR count). The van der Waals surface area contributed by atoms with Gasteiger partial charge in [-0.3, -0.25) is 9.78 Å². The minimum absolute atomic E-state index is 0.0838. The van der Waals surface area contributed by atoms with E-state index in [1.54, 1.807) is 6.20 Å². The van der Waals surface area contributed by atoms with E-state index in [-0.39, 0.29) is 5.91 Å². The van der Waals surface area contributed by atoms with Gasteiger partial charge in [-0.05, 0) is 62.0 Å². The number of morpholine rings is 1. The molecule has 29 heavy (non-hydrogen) atoms. The molecule has 6 heteroatoms. The van der Waals surface area contributed by atoms with E-state index in [0.29, 0.717) is 37.6 Å². The van der Waals surface area contributed by atoms with Gasteiger partial charge in [0.1, 0.15) is 5.52 Å². The number of rotatable bonds is 3. The Bertz CT molecular complexity index is 855. The minimum Gasteiger partial charge on any atom is -0.381 e. The maximum atomic E-state index is 13.1. The van der Waals surface area contributed by atoms with E-state index in [2.05, 4.69) is 15.6 Å². The van der Waals surface area contributed by atoms with Crippen LogP contribution in [0.1, 0.15) is 48.9 Å². The first-order valence-corrected chi connectivity index (χ1v) is 11.1. The number of fused-ring (bicyclic) bond motifs is 1. The molecular formula is C23H31N3O3. The predicted molar refractivity (Wildman–Crippen MR) is 111 cm³/mol. The summed E-state index contributed by atoms with van der Waals surface area (Å²) < 4.78 is 13.3. The van der Waals surface area contributed by atoms with Crippen LogP contribution in [0.3, 0.4) is 0 Å². The standard InChI is InChI=1S/C23H31N3O3/c27-22(25-10-14-29-15-11-25)19-17-26(20-2-1-9-24-21(19)20)16-18-3-5-23(6-4-18)7-12-28-13-8-23/h1-2,9,17-18H,3-8,10-16H2. The second-order valence-electron chi connectivity index (χ2n) is 9.03. The summed E-state index contributed by atoms with van der Waals surface area (Å²) in [4.78, 5) is 19.6. The fourth-order valence-corrected chi connectivity index (χ4v) is 5.42. The molecule has 4 heterocycles. The van der Waals surface area contributed by atoms with Crippen LogP contribution < -0.4 is 0 Å². The lowest BCUT2D eigenvalue weighted by Gasteiger charge is -2.43. The van der Waals surface area contributed by atoms with Crippen LogP contribution in [-0.4, -0.2) is 59.9 Å². The number of hydrogen-bond acceptors (Lipinski definition) is 4. The van der Waals surface area contributed by atoms with Gasteiger partial charge in [-0.1, -0.05) is 0 Å². The molecule has 3 fully saturated rings. The van der Waals surface area contributed by atoms with Crippen LogP contribution in [0, 0.1) is 11.3 Å². The van der Waals surface area contributed by atoms with Gasteiger partial charge < -0.3 is 18.9 Å². The number of pyridine rings is 1. The van der Waals surface area contributed by atoms with Gasteiger partial charge in [0.05, 0.1) is 24.3 Å². The van der Waals surface area contributed by atoms with Crippen molar-refractivity contribution in [3.05, 3.63) is 30.1 Å². The van der Waals surface area contributed by atoms with E-state index in [9.17, 15) is 4.79 Å². The lowest BCUT2D eigenvalue weighted by atomic mass is 9.66. The number of ether oxygens (including phenoxy) is 2. The summed E-state index contributed by atoms with van der Waals surface area (Å²) in [5, 5.41) is 0. The third-order valence-corrected chi connectivity index (χ3v) is 7.34. The Morgan fingerprint density at radius 2 is 1.79 bits per heavy atom. The molecule has 0 N–H and O–H groups in total. The number of hydrogen-bond donors (Lipinski definition) is 0. The van der Waals surface area contributed by atoms with Crippen molar-refractivity contribution in [3.63, 3.8) is 0 Å². The Balaban J connectivity index is 1.33. The maximum Gasteiger partial charge on any atom is 0.257 e. The molecule has 0 radical (unpaired) electrons. The average Bonchev–Trinajstić information content (AvgIpc) is 3.15. The second-order valence-corrected chi connectivity index (χ2v) is 9.03. The van der Waals surface area contributed by atoms with Crippen LogP contribution in [0.15, 0.2) is 24.5 Å². The van der Waals surface area contributed by atoms with Gasteiger partial charge in [0.25, 0.3) is 5.91 Å². The Hall–Kier alpha value is -1.92. The van der Waals surface area contributed by atoms with Crippen molar-refractivity contribution in [1.82, 2.24) is 14.5 Å². The van der Waals surface area contributed by atoms with E-state index in [4.69, 9.17) is 9.47 Å². The summed E-state index contributed by atoms with van der Waals surface area (Å²) in [6.45, 7) is 5.40. The highest BCUT2D eigenvalue weighted by molar-refractivity contribution is 6.05. The van der Waals surface area contributed by atoms with Crippen LogP contribution in [0.25, 0.3) is 11.0 Å². The first-order valence-electron chi connectivity index (χ1n) is 11.1. The number of carbonyl (C=O) groups is 1. The fourth-order valence-electron chi connectivity index (χ4n) is 5.42. The van der Waals surface area contributed by atoms with Gasteiger partial charge >= 0.3 is 0 Å². The summed E-state index contributed by atoms with van der Waals surface area (Å²) >= 11 is 0. The fraction of sp³-hybridized carbons (Fsp3) is 0.652. The molecule has 2 saturated heterocycles. The zero-order valence-corrected chi connectivity index (χ0v) is 17.1. The van der Waals surface area contributed by atoms with Gasteiger partial charge in [0, 0.05) is 45.2 Å². The molecule has 1 spiro atoms. The Labute approximate surface area is 172 Å². The van der Waals surface area contributed by atoms with E-state index < -0.39 is 0 Å². The normalized spacial score (nSPS) is 23.0. The molecule has 2 aliphatic heterocycles. The third-order valence-electron chi connectivity index (χ3n) is 7.34. The highest BCUT2D eigenvalue weighted by Crippen LogP contribution is 2.46. The summed E-state index contributed by atoms with van der Waals surface area (Å²) in [6, 6.07) is 4.07. The molecule has 0 unspecified atom stereocenters. The van der Waals surface area contributed by atoms with Crippen molar-refractivity contribution in [3.8, 4) is 0 Å². The summed E-state index contributed by atoms with van der Waals surface area (Å²) in [6.07, 6.45) is 11.5. The molecule has 1 amide bonds. The van der Waals surface area contributed by atoms with Crippen LogP contribution >= 0.6 is 0 Å². The van der Waals surface area contributed by atoms with Crippen molar-refractivity contribution in [2.45, 2.75) is 45.1 Å². The van der Waals surface area contributed by atoms with E-state index >= 15 is 0 Å². The maximum absolute atomic E-state index is 13.1. The number of nitrogens with zero attached hydrogens (tertiary/aromatic N) is 3. The molecule has 1 aliphatic carbocycles. The molecule has 3 aliphatic rings. The molecular weight excluding hydrogens is 366 g/mol. The minimum atomic E-state index is 0.0838. The summed E-state index contributed by atoms with van der Waals surface area (Å²) in [7, 11) is 0. The van der Waals surface area contributed by atoms with Crippen LogP contribution in [0.2, 0.25) is 0 Å². The van der Waals surface area contributed by atoms with Crippen LogP contribution in [-0.2, 0) is 16.0 Å². The lowest BCUT2D eigenvalue weighted by molar-refractivity contribution is -0.0139. The van der Waals surface area contributed by atoms with Crippen molar-refractivity contribution in [1.29, 1.82) is 0 Å². The number of aromatic nitrogens is 2. The molecule has 2 aromatic heterocycles. The largest absolute Gasteiger partial charge is 0.381 e. The SMILES string of the molecule is O=C(c1cn(CC2CCC3(CCOCC3)CC2)c2cccnc12)N1CCOCC1. The second kappa shape index (κ2) is 8.07. The van der Waals surface area contributed by atoms with Crippen molar-refractivity contribution in [2.75, 3.05) is 39.5 Å². The molecule has 2 aromatic rings. The highest BCUT2D eigenvalue weighted by atomic mass is 16.5. The Morgan fingerprint density at radius 3 is 2.55 bits per heavy atom. The van der Waals surface area contributed by atoms with Gasteiger partial charge in [-0.25, -0.2) is 0 Å². The van der Waals surface area contributed by atoms with Gasteiger partial charge in [0.2, 0.25) is 0 Å². The zero-order chi connectivity index (χ0) is 19.7. The Morgan fingerprint density at radius 1 is 1.07 bits per heavy atom. The van der Waals surface area contributed by atoms with Gasteiger partial charge in [0.15, 0.2) is 0 Å². The zero-order valence-electron chi connectivity index (χ0n) is 17.1. The highest BCUT2D eigenvalue weighted by Gasteiger charge is 2.36. The first kappa shape index (κ1) is 19.1. The lowest BCUT2D eigenvalue weighted by Crippen LogP contribution is -2.40. The smallest absolute Gasteiger partial charge is 0.257 e. The Kier molecular flexibility index (Phi) is 5.31. The van der Waals surface area contributed by atoms with Crippen molar-refractivity contribution < 1.29 is 14.3 Å². The molecule has 1 saturated carbocycles. The average molecular weight is 398 g/mol. The summed E-state index contributed by atoms with van der Waals surface area (Å²) in [5.74, 6) is 0.756. The van der Waals surface area contributed by atoms with Gasteiger partial charge in [-0.15, -0.1) is 0 Å². The van der Waals surface area contributed by atoms with Crippen LogP contribution in [0.4, 0.5) is 0 Å². The topological polar surface area (TPSA) is 56.6 Å². The summed E-state index contributed by atoms with van der Waals surface area (Å²) in [5.41, 5.74) is 3.18. The van der Waals surface area contributed by atoms with Crippen molar-refractivity contribution in [2.24, 2.45) is 11.3 Å². The quantitative estimate of drug-likeness (QED) is 0.796. The number of carbonyl (C=O) groups excluding carboxylic acids is 1. The van der Waals surface area contributed by atoms with Crippen molar-refractivity contribution >= 4 is 16.9 Å².